The highest BCUT2D eigenvalue weighted by Crippen LogP contribution is 2.44. The largest absolute Gasteiger partial charge is 0.480 e. The molecule has 0 spiro atoms. The number of hydrogen-bond donors (Lipinski definition) is 2. The highest BCUT2D eigenvalue weighted by Gasteiger charge is 2.40. The number of hydrogen-bond acceptors (Lipinski definition) is 6. The molecule has 0 radical (unpaired) electrons. The number of amides is 2. The van der Waals surface area contributed by atoms with Crippen molar-refractivity contribution in [3.63, 3.8) is 0 Å². The smallest absolute Gasteiger partial charge is 0.407 e. The molecule has 2 amide bonds. The maximum Gasteiger partial charge on any atom is 0.407 e. The van der Waals surface area contributed by atoms with E-state index in [0.717, 1.165) is 22.3 Å². The maximum atomic E-state index is 12.9. The standard InChI is InChI=1S/C26H30N2O6S/c1-3-33-17(12-24(29)28-16(2)35-15-23(28)25(30)31)13-27-26(32)34-14-22-20-10-6-4-8-18(20)19-9-5-7-11-21(19)22/h4-11,16-17,22-23H,3,12-15H2,1-2H3,(H,27,32)(H,30,31). The Morgan fingerprint density at radius 3 is 2.34 bits per heavy atom. The summed E-state index contributed by atoms with van der Waals surface area (Å²) in [6.45, 7) is 4.26. The Morgan fingerprint density at radius 2 is 1.74 bits per heavy atom. The van der Waals surface area contributed by atoms with E-state index in [0.29, 0.717) is 12.4 Å². The van der Waals surface area contributed by atoms with Gasteiger partial charge in [0, 0.05) is 24.8 Å². The van der Waals surface area contributed by atoms with Gasteiger partial charge in [-0.2, -0.15) is 0 Å². The molecule has 1 aliphatic carbocycles. The lowest BCUT2D eigenvalue weighted by atomic mass is 9.98. The van der Waals surface area contributed by atoms with Crippen LogP contribution in [0.25, 0.3) is 11.1 Å². The quantitative estimate of drug-likeness (QED) is 0.543. The van der Waals surface area contributed by atoms with Gasteiger partial charge in [0.25, 0.3) is 0 Å². The van der Waals surface area contributed by atoms with Gasteiger partial charge in [-0.1, -0.05) is 48.5 Å². The molecular formula is C26H30N2O6S. The van der Waals surface area contributed by atoms with Gasteiger partial charge in [-0.05, 0) is 36.1 Å². The zero-order chi connectivity index (χ0) is 24.9. The number of carboxylic acid groups (broad SMARTS) is 1. The number of benzene rings is 2. The van der Waals surface area contributed by atoms with Crippen LogP contribution in [0.15, 0.2) is 48.5 Å². The van der Waals surface area contributed by atoms with Crippen molar-refractivity contribution in [1.82, 2.24) is 10.2 Å². The first-order valence-electron chi connectivity index (χ1n) is 11.8. The number of carbonyl (C=O) groups excluding carboxylic acids is 2. The summed E-state index contributed by atoms with van der Waals surface area (Å²) in [6, 6.07) is 15.4. The van der Waals surface area contributed by atoms with Crippen LogP contribution in [-0.4, -0.2) is 71.0 Å². The van der Waals surface area contributed by atoms with Gasteiger partial charge in [0.2, 0.25) is 5.91 Å². The lowest BCUT2D eigenvalue weighted by Crippen LogP contribution is -2.47. The second-order valence-electron chi connectivity index (χ2n) is 8.58. The van der Waals surface area contributed by atoms with Crippen LogP contribution in [0, 0.1) is 0 Å². The van der Waals surface area contributed by atoms with E-state index in [1.165, 1.54) is 16.7 Å². The molecule has 8 nitrogen and oxygen atoms in total. The van der Waals surface area contributed by atoms with Crippen molar-refractivity contribution in [3.05, 3.63) is 59.7 Å². The average Bonchev–Trinajstić information content (AvgIpc) is 3.39. The zero-order valence-electron chi connectivity index (χ0n) is 19.8. The molecule has 2 aromatic carbocycles. The number of nitrogens with one attached hydrogen (secondary N) is 1. The van der Waals surface area contributed by atoms with Gasteiger partial charge in [-0.3, -0.25) is 4.79 Å². The van der Waals surface area contributed by atoms with E-state index in [4.69, 9.17) is 9.47 Å². The molecule has 2 aliphatic rings. The number of carbonyl (C=O) groups is 3. The number of fused-ring (bicyclic) bond motifs is 3. The monoisotopic (exact) mass is 498 g/mol. The topological polar surface area (TPSA) is 105 Å². The lowest BCUT2D eigenvalue weighted by Gasteiger charge is -2.27. The Kier molecular flexibility index (Phi) is 7.97. The summed E-state index contributed by atoms with van der Waals surface area (Å²) in [6.07, 6.45) is -1.19. The number of aliphatic carboxylic acids is 1. The number of nitrogens with zero attached hydrogens (tertiary/aromatic N) is 1. The van der Waals surface area contributed by atoms with Crippen LogP contribution in [-0.2, 0) is 19.1 Å². The van der Waals surface area contributed by atoms with E-state index in [-0.39, 0.29) is 36.8 Å². The van der Waals surface area contributed by atoms with Crippen molar-refractivity contribution in [2.24, 2.45) is 0 Å². The second-order valence-corrected chi connectivity index (χ2v) is 9.92. The first-order valence-corrected chi connectivity index (χ1v) is 12.8. The third kappa shape index (κ3) is 5.46. The van der Waals surface area contributed by atoms with Crippen molar-refractivity contribution >= 4 is 29.7 Å². The minimum Gasteiger partial charge on any atom is -0.480 e. The molecule has 1 fully saturated rings. The second kappa shape index (κ2) is 11.1. The summed E-state index contributed by atoms with van der Waals surface area (Å²) in [4.78, 5) is 38.3. The fourth-order valence-corrected chi connectivity index (χ4v) is 5.97. The highest BCUT2D eigenvalue weighted by molar-refractivity contribution is 8.00. The fourth-order valence-electron chi connectivity index (χ4n) is 4.78. The predicted octanol–water partition coefficient (Wildman–Crippen LogP) is 3.69. The van der Waals surface area contributed by atoms with Crippen LogP contribution in [0.4, 0.5) is 4.79 Å². The number of ether oxygens (including phenoxy) is 2. The predicted molar refractivity (Wildman–Crippen MR) is 133 cm³/mol. The molecule has 0 saturated carbocycles. The molecular weight excluding hydrogens is 468 g/mol. The van der Waals surface area contributed by atoms with Crippen LogP contribution < -0.4 is 5.32 Å². The molecule has 3 atom stereocenters. The number of thioether (sulfide) groups is 1. The summed E-state index contributed by atoms with van der Waals surface area (Å²) >= 11 is 1.43. The third-order valence-electron chi connectivity index (χ3n) is 6.42. The van der Waals surface area contributed by atoms with Crippen molar-refractivity contribution in [2.45, 2.75) is 43.7 Å². The van der Waals surface area contributed by atoms with Gasteiger partial charge in [-0.25, -0.2) is 9.59 Å². The first kappa shape index (κ1) is 25.1. The molecule has 1 heterocycles. The van der Waals surface area contributed by atoms with E-state index in [1.54, 1.807) is 6.92 Å². The summed E-state index contributed by atoms with van der Waals surface area (Å²) in [5.74, 6) is -0.998. The first-order chi connectivity index (χ1) is 16.9. The van der Waals surface area contributed by atoms with E-state index in [1.807, 2.05) is 31.2 Å². The average molecular weight is 499 g/mol. The van der Waals surface area contributed by atoms with Gasteiger partial charge in [0.1, 0.15) is 12.6 Å². The molecule has 0 bridgehead atoms. The van der Waals surface area contributed by atoms with Gasteiger partial charge >= 0.3 is 12.1 Å². The fraction of sp³-hybridized carbons (Fsp3) is 0.423. The summed E-state index contributed by atoms with van der Waals surface area (Å²) < 4.78 is 11.2. The number of alkyl carbamates (subject to hydrolysis) is 1. The van der Waals surface area contributed by atoms with Crippen LogP contribution in [0.5, 0.6) is 0 Å². The molecule has 2 N–H and O–H groups in total. The summed E-state index contributed by atoms with van der Waals surface area (Å²) in [5, 5.41) is 11.9. The lowest BCUT2D eigenvalue weighted by molar-refractivity contribution is -0.150. The summed E-state index contributed by atoms with van der Waals surface area (Å²) in [7, 11) is 0. The molecule has 1 saturated heterocycles. The van der Waals surface area contributed by atoms with Crippen LogP contribution in [0.3, 0.4) is 0 Å². The van der Waals surface area contributed by atoms with Gasteiger partial charge in [0.15, 0.2) is 0 Å². The molecule has 2 aromatic rings. The number of rotatable bonds is 9. The van der Waals surface area contributed by atoms with Gasteiger partial charge in [-0.15, -0.1) is 11.8 Å². The molecule has 3 unspecified atom stereocenters. The van der Waals surface area contributed by atoms with Crippen molar-refractivity contribution in [1.29, 1.82) is 0 Å². The molecule has 9 heteroatoms. The molecule has 35 heavy (non-hydrogen) atoms. The molecule has 4 rings (SSSR count). The van der Waals surface area contributed by atoms with Crippen LogP contribution in [0.2, 0.25) is 0 Å². The Morgan fingerprint density at radius 1 is 1.11 bits per heavy atom. The normalized spacial score (nSPS) is 19.7. The van der Waals surface area contributed by atoms with E-state index < -0.39 is 24.2 Å². The minimum atomic E-state index is -1.01. The maximum absolute atomic E-state index is 12.9. The van der Waals surface area contributed by atoms with E-state index in [2.05, 4.69) is 29.6 Å². The summed E-state index contributed by atoms with van der Waals surface area (Å²) in [5.41, 5.74) is 4.57. The number of carboxylic acids is 1. The molecule has 186 valence electrons. The van der Waals surface area contributed by atoms with Crippen LogP contribution >= 0.6 is 11.8 Å². The van der Waals surface area contributed by atoms with E-state index >= 15 is 0 Å². The van der Waals surface area contributed by atoms with Crippen molar-refractivity contribution < 1.29 is 29.0 Å². The SMILES string of the molecule is CCOC(CNC(=O)OCC1c2ccccc2-c2ccccc21)CC(=O)N1C(C)SCC1C(=O)O. The van der Waals surface area contributed by atoms with Gasteiger partial charge in [0.05, 0.1) is 17.9 Å². The van der Waals surface area contributed by atoms with Crippen molar-refractivity contribution in [3.8, 4) is 11.1 Å². The van der Waals surface area contributed by atoms with E-state index in [9.17, 15) is 19.5 Å². The van der Waals surface area contributed by atoms with Crippen LogP contribution in [0.1, 0.15) is 37.3 Å². The highest BCUT2D eigenvalue weighted by atomic mass is 32.2. The molecule has 1 aliphatic heterocycles. The Bertz CT molecular complexity index is 1050. The Balaban J connectivity index is 1.32. The zero-order valence-corrected chi connectivity index (χ0v) is 20.6. The third-order valence-corrected chi connectivity index (χ3v) is 7.64. The molecule has 0 aromatic heterocycles. The van der Waals surface area contributed by atoms with Gasteiger partial charge < -0.3 is 24.8 Å². The Hall–Kier alpha value is -3.04. The Labute approximate surface area is 209 Å². The minimum absolute atomic E-state index is 0.0217. The van der Waals surface area contributed by atoms with Crippen molar-refractivity contribution in [2.75, 3.05) is 25.5 Å².